The predicted molar refractivity (Wildman–Crippen MR) is 82.0 cm³/mol. The number of aryl methyl sites for hydroxylation is 2. The molecule has 1 aromatic heterocycles. The highest BCUT2D eigenvalue weighted by Gasteiger charge is 2.12. The minimum absolute atomic E-state index is 0.0579. The smallest absolute Gasteiger partial charge is 0.309 e. The van der Waals surface area contributed by atoms with Gasteiger partial charge < -0.3 is 5.32 Å². The number of hydrogen-bond acceptors (Lipinski definition) is 2. The molecule has 20 heavy (non-hydrogen) atoms. The molecule has 1 atom stereocenters. The van der Waals surface area contributed by atoms with E-state index in [0.29, 0.717) is 13.1 Å². The maximum absolute atomic E-state index is 12.1. The number of benzene rings is 1. The molecule has 108 valence electrons. The lowest BCUT2D eigenvalue weighted by Crippen LogP contribution is -2.31. The molecular weight excluding hydrogens is 250 g/mol. The van der Waals surface area contributed by atoms with Crippen LogP contribution in [0.2, 0.25) is 0 Å². The van der Waals surface area contributed by atoms with Crippen LogP contribution < -0.4 is 11.0 Å². The molecule has 0 spiro atoms. The summed E-state index contributed by atoms with van der Waals surface area (Å²) in [5.41, 5.74) is 2.52. The second kappa shape index (κ2) is 6.57. The fraction of sp³-hybridized carbons (Fsp3) is 0.438. The molecule has 0 aliphatic carbocycles. The Morgan fingerprint density at radius 3 is 2.30 bits per heavy atom. The molecule has 1 unspecified atom stereocenters. The van der Waals surface area contributed by atoms with E-state index < -0.39 is 0 Å². The summed E-state index contributed by atoms with van der Waals surface area (Å²) in [5.74, 6) is 0. The molecule has 0 saturated carbocycles. The number of likely N-dealkylation sites (N-methyl/N-ethyl adjacent to an activating group) is 1. The van der Waals surface area contributed by atoms with E-state index in [-0.39, 0.29) is 11.7 Å². The van der Waals surface area contributed by atoms with Crippen molar-refractivity contribution in [3.8, 4) is 0 Å². The Bertz CT molecular complexity index is 595. The first-order valence-electron chi connectivity index (χ1n) is 7.21. The van der Waals surface area contributed by atoms with Gasteiger partial charge >= 0.3 is 5.69 Å². The Morgan fingerprint density at radius 1 is 1.10 bits per heavy atom. The van der Waals surface area contributed by atoms with Gasteiger partial charge in [0.25, 0.3) is 0 Å². The van der Waals surface area contributed by atoms with Crippen LogP contribution in [0.15, 0.2) is 41.5 Å². The van der Waals surface area contributed by atoms with Gasteiger partial charge in [-0.15, -0.1) is 0 Å². The number of imidazole rings is 1. The van der Waals surface area contributed by atoms with Gasteiger partial charge in [0.05, 0.1) is 6.04 Å². The van der Waals surface area contributed by atoms with E-state index in [2.05, 4.69) is 43.4 Å². The van der Waals surface area contributed by atoms with E-state index in [1.54, 1.807) is 9.13 Å². The summed E-state index contributed by atoms with van der Waals surface area (Å²) in [7, 11) is 0. The molecular formula is C16H23N3O. The number of nitrogens with one attached hydrogen (secondary N) is 1. The zero-order valence-corrected chi connectivity index (χ0v) is 12.5. The molecule has 0 aliphatic rings. The first-order valence-corrected chi connectivity index (χ1v) is 7.21. The number of aromatic nitrogens is 2. The lowest BCUT2D eigenvalue weighted by atomic mass is 10.1. The maximum atomic E-state index is 12.1. The van der Waals surface area contributed by atoms with Crippen molar-refractivity contribution in [1.82, 2.24) is 14.5 Å². The van der Waals surface area contributed by atoms with Gasteiger partial charge in [0, 0.05) is 25.5 Å². The Labute approximate surface area is 120 Å². The third kappa shape index (κ3) is 3.20. The second-order valence-electron chi connectivity index (χ2n) is 5.04. The van der Waals surface area contributed by atoms with Crippen LogP contribution in [0.3, 0.4) is 0 Å². The molecule has 0 aliphatic heterocycles. The molecule has 0 bridgehead atoms. The molecule has 1 heterocycles. The third-order valence-corrected chi connectivity index (χ3v) is 3.57. The fourth-order valence-corrected chi connectivity index (χ4v) is 2.36. The molecule has 0 radical (unpaired) electrons. The van der Waals surface area contributed by atoms with Gasteiger partial charge in [0.1, 0.15) is 0 Å². The normalized spacial score (nSPS) is 12.6. The van der Waals surface area contributed by atoms with Crippen LogP contribution in [0.5, 0.6) is 0 Å². The van der Waals surface area contributed by atoms with Crippen LogP contribution in [0, 0.1) is 6.92 Å². The molecule has 0 fully saturated rings. The van der Waals surface area contributed by atoms with Crippen molar-refractivity contribution in [2.75, 3.05) is 6.54 Å². The summed E-state index contributed by atoms with van der Waals surface area (Å²) in [4.78, 5) is 12.1. The highest BCUT2D eigenvalue weighted by Crippen LogP contribution is 2.15. The van der Waals surface area contributed by atoms with E-state index in [4.69, 9.17) is 0 Å². The number of rotatable bonds is 6. The lowest BCUT2D eigenvalue weighted by Gasteiger charge is -2.18. The molecule has 4 heteroatoms. The van der Waals surface area contributed by atoms with Gasteiger partial charge in [-0.2, -0.15) is 0 Å². The lowest BCUT2D eigenvalue weighted by molar-refractivity contribution is 0.462. The standard InChI is InChI=1S/C16H23N3O/c1-4-17-15(14-8-6-13(3)7-9-14)12-19-11-10-18(5-2)16(19)20/h6-11,15,17H,4-5,12H2,1-3H3. The first kappa shape index (κ1) is 14.6. The Kier molecular flexibility index (Phi) is 4.79. The number of nitrogens with zero attached hydrogens (tertiary/aromatic N) is 2. The Hall–Kier alpha value is -1.81. The van der Waals surface area contributed by atoms with Crippen molar-refractivity contribution >= 4 is 0 Å². The zero-order valence-electron chi connectivity index (χ0n) is 12.5. The van der Waals surface area contributed by atoms with Crippen molar-refractivity contribution in [3.05, 3.63) is 58.3 Å². The van der Waals surface area contributed by atoms with E-state index in [1.165, 1.54) is 11.1 Å². The van der Waals surface area contributed by atoms with Crippen LogP contribution in [-0.4, -0.2) is 15.7 Å². The minimum Gasteiger partial charge on any atom is -0.309 e. The molecule has 2 aromatic rings. The van der Waals surface area contributed by atoms with E-state index in [0.717, 1.165) is 6.54 Å². The van der Waals surface area contributed by atoms with Gasteiger partial charge in [0.15, 0.2) is 0 Å². The summed E-state index contributed by atoms with van der Waals surface area (Å²) in [6, 6.07) is 8.64. The van der Waals surface area contributed by atoms with Crippen LogP contribution in [-0.2, 0) is 13.1 Å². The average Bonchev–Trinajstić information content (AvgIpc) is 2.80. The zero-order chi connectivity index (χ0) is 14.5. The van der Waals surface area contributed by atoms with Gasteiger partial charge in [-0.1, -0.05) is 36.8 Å². The van der Waals surface area contributed by atoms with Crippen LogP contribution in [0.25, 0.3) is 0 Å². The van der Waals surface area contributed by atoms with Crippen molar-refractivity contribution in [2.45, 2.75) is 39.9 Å². The first-order chi connectivity index (χ1) is 9.65. The Morgan fingerprint density at radius 2 is 1.75 bits per heavy atom. The van der Waals surface area contributed by atoms with Gasteiger partial charge in [-0.3, -0.25) is 9.13 Å². The maximum Gasteiger partial charge on any atom is 0.328 e. The van der Waals surface area contributed by atoms with Gasteiger partial charge in [-0.05, 0) is 26.0 Å². The van der Waals surface area contributed by atoms with Crippen molar-refractivity contribution in [2.24, 2.45) is 0 Å². The monoisotopic (exact) mass is 273 g/mol. The highest BCUT2D eigenvalue weighted by atomic mass is 16.1. The predicted octanol–water partition coefficient (Wildman–Crippen LogP) is 2.33. The molecule has 1 aromatic carbocycles. The van der Waals surface area contributed by atoms with Crippen LogP contribution in [0.4, 0.5) is 0 Å². The summed E-state index contributed by atoms with van der Waals surface area (Å²) < 4.78 is 3.49. The fourth-order valence-electron chi connectivity index (χ4n) is 2.36. The topological polar surface area (TPSA) is 39.0 Å². The van der Waals surface area contributed by atoms with Gasteiger partial charge in [0.2, 0.25) is 0 Å². The second-order valence-corrected chi connectivity index (χ2v) is 5.04. The molecule has 2 rings (SSSR count). The average molecular weight is 273 g/mol. The SMILES string of the molecule is CCNC(Cn1ccn(CC)c1=O)c1ccc(C)cc1. The summed E-state index contributed by atoms with van der Waals surface area (Å²) in [6.07, 6.45) is 3.71. The third-order valence-electron chi connectivity index (χ3n) is 3.57. The molecule has 4 nitrogen and oxygen atoms in total. The summed E-state index contributed by atoms with van der Waals surface area (Å²) in [5, 5.41) is 3.45. The molecule has 0 saturated heterocycles. The van der Waals surface area contributed by atoms with Gasteiger partial charge in [-0.25, -0.2) is 4.79 Å². The minimum atomic E-state index is 0.0579. The van der Waals surface area contributed by atoms with E-state index in [9.17, 15) is 4.79 Å². The van der Waals surface area contributed by atoms with Crippen LogP contribution in [0.1, 0.15) is 31.0 Å². The van der Waals surface area contributed by atoms with Crippen molar-refractivity contribution < 1.29 is 0 Å². The van der Waals surface area contributed by atoms with Crippen molar-refractivity contribution in [3.63, 3.8) is 0 Å². The highest BCUT2D eigenvalue weighted by molar-refractivity contribution is 5.24. The molecule has 0 amide bonds. The van der Waals surface area contributed by atoms with Crippen molar-refractivity contribution in [1.29, 1.82) is 0 Å². The van der Waals surface area contributed by atoms with Crippen LogP contribution >= 0.6 is 0 Å². The summed E-state index contributed by atoms with van der Waals surface area (Å²) >= 11 is 0. The molecule has 1 N–H and O–H groups in total. The summed E-state index contributed by atoms with van der Waals surface area (Å²) in [6.45, 7) is 8.39. The number of hydrogen-bond donors (Lipinski definition) is 1. The Balaban J connectivity index is 2.22. The largest absolute Gasteiger partial charge is 0.328 e. The quantitative estimate of drug-likeness (QED) is 0.877. The van der Waals surface area contributed by atoms with E-state index >= 15 is 0 Å². The van der Waals surface area contributed by atoms with E-state index in [1.807, 2.05) is 19.3 Å².